The van der Waals surface area contributed by atoms with Crippen molar-refractivity contribution in [1.29, 1.82) is 5.26 Å². The van der Waals surface area contributed by atoms with Crippen LogP contribution >= 0.6 is 11.8 Å². The lowest BCUT2D eigenvalue weighted by molar-refractivity contribution is 1.05. The maximum atomic E-state index is 9.26. The standard InChI is InChI=1S/C13H11N3S/c1-9-6-11(10-4-3-5-15-8-10)12(7-14)13(16-9)17-2/h3-6,8H,1-2H3. The molecule has 2 aromatic heterocycles. The highest BCUT2D eigenvalue weighted by molar-refractivity contribution is 7.98. The zero-order valence-electron chi connectivity index (χ0n) is 9.64. The first-order chi connectivity index (χ1) is 8.26. The average molecular weight is 241 g/mol. The van der Waals surface area contributed by atoms with Crippen molar-refractivity contribution in [2.24, 2.45) is 0 Å². The van der Waals surface area contributed by atoms with Crippen LogP contribution in [0, 0.1) is 18.3 Å². The minimum atomic E-state index is 0.621. The predicted molar refractivity (Wildman–Crippen MR) is 68.7 cm³/mol. The Hall–Kier alpha value is -1.86. The van der Waals surface area contributed by atoms with Crippen molar-refractivity contribution in [1.82, 2.24) is 9.97 Å². The van der Waals surface area contributed by atoms with Gasteiger partial charge in [-0.1, -0.05) is 6.07 Å². The van der Waals surface area contributed by atoms with Gasteiger partial charge in [-0.15, -0.1) is 11.8 Å². The molecule has 84 valence electrons. The van der Waals surface area contributed by atoms with E-state index in [1.807, 2.05) is 31.4 Å². The van der Waals surface area contributed by atoms with Gasteiger partial charge in [0.25, 0.3) is 0 Å². The lowest BCUT2D eigenvalue weighted by Crippen LogP contribution is -1.94. The Bertz CT molecular complexity index is 573. The summed E-state index contributed by atoms with van der Waals surface area (Å²) in [7, 11) is 0. The number of rotatable bonds is 2. The number of thioether (sulfide) groups is 1. The normalized spacial score (nSPS) is 9.94. The second kappa shape index (κ2) is 4.98. The molecule has 0 unspecified atom stereocenters. The van der Waals surface area contributed by atoms with Gasteiger partial charge in [0, 0.05) is 29.2 Å². The summed E-state index contributed by atoms with van der Waals surface area (Å²) in [6, 6.07) is 7.97. The molecule has 2 heterocycles. The third-order valence-electron chi connectivity index (χ3n) is 2.39. The van der Waals surface area contributed by atoms with E-state index < -0.39 is 0 Å². The van der Waals surface area contributed by atoms with Gasteiger partial charge < -0.3 is 0 Å². The first-order valence-corrected chi connectivity index (χ1v) is 6.35. The smallest absolute Gasteiger partial charge is 0.114 e. The third-order valence-corrected chi connectivity index (χ3v) is 3.07. The zero-order valence-corrected chi connectivity index (χ0v) is 10.5. The average Bonchev–Trinajstić information content (AvgIpc) is 2.38. The summed E-state index contributed by atoms with van der Waals surface area (Å²) in [4.78, 5) is 8.45. The van der Waals surface area contributed by atoms with Gasteiger partial charge >= 0.3 is 0 Å². The molecule has 0 spiro atoms. The Kier molecular flexibility index (Phi) is 3.40. The number of pyridine rings is 2. The largest absolute Gasteiger partial charge is 0.264 e. The molecule has 0 N–H and O–H groups in total. The van der Waals surface area contributed by atoms with Gasteiger partial charge in [-0.05, 0) is 25.3 Å². The molecule has 0 saturated carbocycles. The fourth-order valence-electron chi connectivity index (χ4n) is 1.65. The molecule has 0 aromatic carbocycles. The molecular weight excluding hydrogens is 230 g/mol. The molecule has 2 rings (SSSR count). The van der Waals surface area contributed by atoms with E-state index in [-0.39, 0.29) is 0 Å². The van der Waals surface area contributed by atoms with Crippen LogP contribution in [0.5, 0.6) is 0 Å². The molecule has 0 saturated heterocycles. The molecule has 0 fully saturated rings. The number of aromatic nitrogens is 2. The minimum Gasteiger partial charge on any atom is -0.264 e. The molecule has 0 bridgehead atoms. The Labute approximate surface area is 105 Å². The molecule has 0 aliphatic heterocycles. The quantitative estimate of drug-likeness (QED) is 0.758. The summed E-state index contributed by atoms with van der Waals surface area (Å²) in [6.45, 7) is 1.93. The van der Waals surface area contributed by atoms with Gasteiger partial charge in [0.15, 0.2) is 0 Å². The number of aryl methyl sites for hydroxylation is 1. The fraction of sp³-hybridized carbons (Fsp3) is 0.154. The zero-order chi connectivity index (χ0) is 12.3. The summed E-state index contributed by atoms with van der Waals surface area (Å²) < 4.78 is 0. The van der Waals surface area contributed by atoms with Crippen LogP contribution in [0.4, 0.5) is 0 Å². The van der Waals surface area contributed by atoms with Crippen molar-refractivity contribution < 1.29 is 0 Å². The monoisotopic (exact) mass is 241 g/mol. The molecule has 2 aromatic rings. The van der Waals surface area contributed by atoms with E-state index in [1.54, 1.807) is 12.4 Å². The molecule has 0 aliphatic rings. The van der Waals surface area contributed by atoms with Crippen molar-refractivity contribution >= 4 is 11.8 Å². The molecule has 17 heavy (non-hydrogen) atoms. The highest BCUT2D eigenvalue weighted by Crippen LogP contribution is 2.29. The van der Waals surface area contributed by atoms with Crippen LogP contribution < -0.4 is 0 Å². The highest BCUT2D eigenvalue weighted by atomic mass is 32.2. The molecule has 0 amide bonds. The first kappa shape index (κ1) is 11.6. The van der Waals surface area contributed by atoms with E-state index in [2.05, 4.69) is 16.0 Å². The van der Waals surface area contributed by atoms with Crippen LogP contribution in [0.15, 0.2) is 35.6 Å². The molecular formula is C13H11N3S. The molecule has 4 heteroatoms. The van der Waals surface area contributed by atoms with Gasteiger partial charge in [-0.3, -0.25) is 4.98 Å². The second-order valence-corrected chi connectivity index (χ2v) is 4.34. The number of hydrogen-bond donors (Lipinski definition) is 0. The van der Waals surface area contributed by atoms with E-state index in [0.717, 1.165) is 21.8 Å². The van der Waals surface area contributed by atoms with Crippen LogP contribution in [-0.4, -0.2) is 16.2 Å². The van der Waals surface area contributed by atoms with Crippen molar-refractivity contribution in [2.75, 3.05) is 6.26 Å². The van der Waals surface area contributed by atoms with E-state index >= 15 is 0 Å². The van der Waals surface area contributed by atoms with Gasteiger partial charge in [0.2, 0.25) is 0 Å². The second-order valence-electron chi connectivity index (χ2n) is 3.55. The molecule has 3 nitrogen and oxygen atoms in total. The predicted octanol–water partition coefficient (Wildman–Crippen LogP) is 3.05. The number of hydrogen-bond acceptors (Lipinski definition) is 4. The van der Waals surface area contributed by atoms with Crippen molar-refractivity contribution in [3.63, 3.8) is 0 Å². The van der Waals surface area contributed by atoms with E-state index in [0.29, 0.717) is 5.56 Å². The van der Waals surface area contributed by atoms with Crippen LogP contribution in [-0.2, 0) is 0 Å². The number of nitrogens with zero attached hydrogens (tertiary/aromatic N) is 3. The van der Waals surface area contributed by atoms with Crippen LogP contribution in [0.3, 0.4) is 0 Å². The van der Waals surface area contributed by atoms with Crippen LogP contribution in [0.1, 0.15) is 11.3 Å². The SMILES string of the molecule is CSc1nc(C)cc(-c2cccnc2)c1C#N. The third kappa shape index (κ3) is 2.29. The van der Waals surface area contributed by atoms with Crippen LogP contribution in [0.2, 0.25) is 0 Å². The molecule has 0 radical (unpaired) electrons. The maximum Gasteiger partial charge on any atom is 0.114 e. The summed E-state index contributed by atoms with van der Waals surface area (Å²) >= 11 is 1.49. The first-order valence-electron chi connectivity index (χ1n) is 5.12. The van der Waals surface area contributed by atoms with Crippen molar-refractivity contribution in [3.05, 3.63) is 41.9 Å². The molecule has 0 atom stereocenters. The minimum absolute atomic E-state index is 0.621. The van der Waals surface area contributed by atoms with Gasteiger partial charge in [0.05, 0.1) is 5.56 Å². The topological polar surface area (TPSA) is 49.6 Å². The lowest BCUT2D eigenvalue weighted by atomic mass is 10.0. The Morgan fingerprint density at radius 2 is 2.24 bits per heavy atom. The lowest BCUT2D eigenvalue weighted by Gasteiger charge is -2.08. The Morgan fingerprint density at radius 1 is 1.41 bits per heavy atom. The summed E-state index contributed by atoms with van der Waals surface area (Å²) in [6.07, 6.45) is 5.41. The van der Waals surface area contributed by atoms with E-state index in [9.17, 15) is 5.26 Å². The van der Waals surface area contributed by atoms with E-state index in [1.165, 1.54) is 11.8 Å². The van der Waals surface area contributed by atoms with Crippen molar-refractivity contribution in [2.45, 2.75) is 11.9 Å². The summed E-state index contributed by atoms with van der Waals surface area (Å²) in [5, 5.41) is 10.0. The van der Waals surface area contributed by atoms with Gasteiger partial charge in [-0.2, -0.15) is 5.26 Å². The maximum absolute atomic E-state index is 9.26. The van der Waals surface area contributed by atoms with Crippen LogP contribution in [0.25, 0.3) is 11.1 Å². The fourth-order valence-corrected chi connectivity index (χ4v) is 2.25. The summed E-state index contributed by atoms with van der Waals surface area (Å²) in [5.74, 6) is 0. The Morgan fingerprint density at radius 3 is 2.82 bits per heavy atom. The van der Waals surface area contributed by atoms with Crippen molar-refractivity contribution in [3.8, 4) is 17.2 Å². The van der Waals surface area contributed by atoms with Gasteiger partial charge in [0.1, 0.15) is 11.1 Å². The van der Waals surface area contributed by atoms with Gasteiger partial charge in [-0.25, -0.2) is 4.98 Å². The summed E-state index contributed by atoms with van der Waals surface area (Å²) in [5.41, 5.74) is 3.38. The van der Waals surface area contributed by atoms with E-state index in [4.69, 9.17) is 0 Å². The molecule has 0 aliphatic carbocycles. The number of nitriles is 1. The Balaban J connectivity index is 2.70. The highest BCUT2D eigenvalue weighted by Gasteiger charge is 2.12.